The molecule has 3 aromatic rings. The molecule has 1 aromatic heterocycles. The summed E-state index contributed by atoms with van der Waals surface area (Å²) < 4.78 is 5.34. The van der Waals surface area contributed by atoms with Crippen LogP contribution in [0.15, 0.2) is 83.5 Å². The predicted molar refractivity (Wildman–Crippen MR) is 112 cm³/mol. The van der Waals surface area contributed by atoms with Crippen LogP contribution in [-0.2, 0) is 11.2 Å². The van der Waals surface area contributed by atoms with Crippen molar-refractivity contribution in [2.24, 2.45) is 0 Å². The molecule has 0 spiro atoms. The standard InChI is InChI=1S/C24H26N2O3/c1-18(14-15-21-13-8-16-29-21)25-23(27)17-22(19-9-4-2-5-10-19)26-24(28)20-11-6-3-7-12-20/h2-13,16,18,22H,14-15,17H2,1H3,(H,25,27)(H,26,28)/t18-,22-/m0/s1. The van der Waals surface area contributed by atoms with E-state index >= 15 is 0 Å². The van der Waals surface area contributed by atoms with Gasteiger partial charge in [-0.3, -0.25) is 9.59 Å². The topological polar surface area (TPSA) is 71.3 Å². The Morgan fingerprint density at radius 1 is 0.897 bits per heavy atom. The Kier molecular flexibility index (Phi) is 7.22. The molecule has 0 saturated heterocycles. The van der Waals surface area contributed by atoms with Gasteiger partial charge >= 0.3 is 0 Å². The number of carbonyl (C=O) groups is 2. The summed E-state index contributed by atoms with van der Waals surface area (Å²) in [6.07, 6.45) is 3.37. The van der Waals surface area contributed by atoms with Gasteiger partial charge in [-0.2, -0.15) is 0 Å². The third-order valence-corrected chi connectivity index (χ3v) is 4.74. The fourth-order valence-corrected chi connectivity index (χ4v) is 3.17. The smallest absolute Gasteiger partial charge is 0.251 e. The van der Waals surface area contributed by atoms with E-state index in [1.165, 1.54) is 0 Å². The van der Waals surface area contributed by atoms with Crippen molar-refractivity contribution in [3.63, 3.8) is 0 Å². The molecule has 0 aliphatic heterocycles. The van der Waals surface area contributed by atoms with E-state index in [-0.39, 0.29) is 24.3 Å². The lowest BCUT2D eigenvalue weighted by atomic mass is 10.0. The van der Waals surface area contributed by atoms with Gasteiger partial charge in [-0.15, -0.1) is 0 Å². The Hall–Kier alpha value is -3.34. The zero-order valence-corrected chi connectivity index (χ0v) is 16.5. The molecule has 1 heterocycles. The molecule has 2 atom stereocenters. The molecule has 0 bridgehead atoms. The van der Waals surface area contributed by atoms with E-state index in [9.17, 15) is 9.59 Å². The SMILES string of the molecule is C[C@@H](CCc1ccco1)NC(=O)C[C@H](NC(=O)c1ccccc1)c1ccccc1. The predicted octanol–water partition coefficient (Wildman–Crippen LogP) is 4.28. The molecule has 5 heteroatoms. The molecular formula is C24H26N2O3. The first kappa shape index (κ1) is 20.4. The maximum absolute atomic E-state index is 12.6. The Morgan fingerprint density at radius 2 is 1.59 bits per heavy atom. The minimum Gasteiger partial charge on any atom is -0.469 e. The quantitative estimate of drug-likeness (QED) is 0.573. The maximum atomic E-state index is 12.6. The molecule has 2 aromatic carbocycles. The van der Waals surface area contributed by atoms with Gasteiger partial charge < -0.3 is 15.1 Å². The zero-order chi connectivity index (χ0) is 20.5. The second-order valence-corrected chi connectivity index (χ2v) is 7.09. The average Bonchev–Trinajstić information content (AvgIpc) is 3.27. The largest absolute Gasteiger partial charge is 0.469 e. The zero-order valence-electron chi connectivity index (χ0n) is 16.5. The van der Waals surface area contributed by atoms with Gasteiger partial charge in [0.05, 0.1) is 18.7 Å². The van der Waals surface area contributed by atoms with E-state index in [1.54, 1.807) is 18.4 Å². The number of nitrogens with one attached hydrogen (secondary N) is 2. The fraction of sp³-hybridized carbons (Fsp3) is 0.250. The number of furan rings is 1. The second-order valence-electron chi connectivity index (χ2n) is 7.09. The van der Waals surface area contributed by atoms with Crippen molar-refractivity contribution in [2.45, 2.75) is 38.3 Å². The minimum absolute atomic E-state index is 0.00819. The highest BCUT2D eigenvalue weighted by Crippen LogP contribution is 2.18. The van der Waals surface area contributed by atoms with Crippen LogP contribution in [0.3, 0.4) is 0 Å². The van der Waals surface area contributed by atoms with Crippen LogP contribution in [0.4, 0.5) is 0 Å². The Bertz CT molecular complexity index is 892. The van der Waals surface area contributed by atoms with Crippen molar-refractivity contribution < 1.29 is 14.0 Å². The second kappa shape index (κ2) is 10.3. The third kappa shape index (κ3) is 6.35. The fourth-order valence-electron chi connectivity index (χ4n) is 3.17. The third-order valence-electron chi connectivity index (χ3n) is 4.74. The average molecular weight is 390 g/mol. The van der Waals surface area contributed by atoms with Gasteiger partial charge in [0.15, 0.2) is 0 Å². The van der Waals surface area contributed by atoms with Crippen LogP contribution in [0.5, 0.6) is 0 Å². The highest BCUT2D eigenvalue weighted by atomic mass is 16.3. The van der Waals surface area contributed by atoms with Gasteiger partial charge in [-0.1, -0.05) is 48.5 Å². The van der Waals surface area contributed by atoms with Gasteiger partial charge in [-0.05, 0) is 43.2 Å². The van der Waals surface area contributed by atoms with Gasteiger partial charge in [0.1, 0.15) is 5.76 Å². The van der Waals surface area contributed by atoms with Gasteiger partial charge in [0.25, 0.3) is 5.91 Å². The van der Waals surface area contributed by atoms with Crippen LogP contribution < -0.4 is 10.6 Å². The lowest BCUT2D eigenvalue weighted by Gasteiger charge is -2.21. The van der Waals surface area contributed by atoms with E-state index in [1.807, 2.05) is 67.6 Å². The van der Waals surface area contributed by atoms with Gasteiger partial charge in [-0.25, -0.2) is 0 Å². The number of benzene rings is 2. The summed E-state index contributed by atoms with van der Waals surface area (Å²) >= 11 is 0. The van der Waals surface area contributed by atoms with E-state index in [2.05, 4.69) is 10.6 Å². The molecule has 150 valence electrons. The number of aryl methyl sites for hydroxylation is 1. The summed E-state index contributed by atoms with van der Waals surface area (Å²) in [5.41, 5.74) is 1.47. The number of carbonyl (C=O) groups excluding carboxylic acids is 2. The van der Waals surface area contributed by atoms with Crippen molar-refractivity contribution in [1.82, 2.24) is 10.6 Å². The van der Waals surface area contributed by atoms with Crippen molar-refractivity contribution in [3.8, 4) is 0 Å². The van der Waals surface area contributed by atoms with E-state index in [0.29, 0.717) is 5.56 Å². The van der Waals surface area contributed by atoms with E-state index in [4.69, 9.17) is 4.42 Å². The molecule has 3 rings (SSSR count). The van der Waals surface area contributed by atoms with Crippen LogP contribution in [0.25, 0.3) is 0 Å². The van der Waals surface area contributed by atoms with E-state index < -0.39 is 6.04 Å². The van der Waals surface area contributed by atoms with E-state index in [0.717, 1.165) is 24.2 Å². The first-order valence-electron chi connectivity index (χ1n) is 9.84. The van der Waals surface area contributed by atoms with Crippen LogP contribution >= 0.6 is 0 Å². The molecular weight excluding hydrogens is 364 g/mol. The van der Waals surface area contributed by atoms with Crippen molar-refractivity contribution in [2.75, 3.05) is 0 Å². The summed E-state index contributed by atoms with van der Waals surface area (Å²) in [5, 5.41) is 6.02. The van der Waals surface area contributed by atoms with Crippen LogP contribution in [0, 0.1) is 0 Å². The molecule has 0 unspecified atom stereocenters. The summed E-state index contributed by atoms with van der Waals surface area (Å²) in [5.74, 6) is 0.612. The summed E-state index contributed by atoms with van der Waals surface area (Å²) in [6, 6.07) is 22.0. The van der Waals surface area contributed by atoms with Crippen LogP contribution in [0.1, 0.15) is 47.5 Å². The summed E-state index contributed by atoms with van der Waals surface area (Å²) in [6.45, 7) is 1.97. The van der Waals surface area contributed by atoms with Crippen molar-refractivity contribution in [3.05, 3.63) is 95.9 Å². The molecule has 5 nitrogen and oxygen atoms in total. The Morgan fingerprint density at radius 3 is 2.24 bits per heavy atom. The molecule has 2 N–H and O–H groups in total. The van der Waals surface area contributed by atoms with Gasteiger partial charge in [0.2, 0.25) is 5.91 Å². The molecule has 0 aliphatic carbocycles. The molecule has 0 fully saturated rings. The lowest BCUT2D eigenvalue weighted by molar-refractivity contribution is -0.122. The maximum Gasteiger partial charge on any atom is 0.251 e. The number of hydrogen-bond acceptors (Lipinski definition) is 3. The highest BCUT2D eigenvalue weighted by Gasteiger charge is 2.20. The van der Waals surface area contributed by atoms with Crippen molar-refractivity contribution in [1.29, 1.82) is 0 Å². The number of hydrogen-bond donors (Lipinski definition) is 2. The van der Waals surface area contributed by atoms with Crippen LogP contribution in [0.2, 0.25) is 0 Å². The summed E-state index contributed by atoms with van der Waals surface area (Å²) in [4.78, 5) is 25.2. The molecule has 0 radical (unpaired) electrons. The van der Waals surface area contributed by atoms with Crippen LogP contribution in [-0.4, -0.2) is 17.9 Å². The highest BCUT2D eigenvalue weighted by molar-refractivity contribution is 5.94. The summed E-state index contributed by atoms with van der Waals surface area (Å²) in [7, 11) is 0. The molecule has 2 amide bonds. The molecule has 0 aliphatic rings. The molecule has 0 saturated carbocycles. The monoisotopic (exact) mass is 390 g/mol. The first-order chi connectivity index (χ1) is 14.1. The number of amides is 2. The normalized spacial score (nSPS) is 12.7. The minimum atomic E-state index is -0.402. The van der Waals surface area contributed by atoms with Gasteiger partial charge in [0, 0.05) is 18.0 Å². The first-order valence-corrected chi connectivity index (χ1v) is 9.84. The van der Waals surface area contributed by atoms with Crippen molar-refractivity contribution >= 4 is 11.8 Å². The Balaban J connectivity index is 1.60. The number of rotatable bonds is 9. The lowest BCUT2D eigenvalue weighted by Crippen LogP contribution is -2.37. The molecule has 29 heavy (non-hydrogen) atoms. The Labute approximate surface area is 171 Å².